The number of hydrogen-bond donors (Lipinski definition) is 2. The number of nitrogens with one attached hydrogen (secondary N) is 2. The molecule has 3 nitrogen and oxygen atoms in total. The van der Waals surface area contributed by atoms with Gasteiger partial charge in [-0.25, -0.2) is 8.78 Å². The van der Waals surface area contributed by atoms with Crippen LogP contribution in [0.3, 0.4) is 0 Å². The largest absolute Gasteiger partial charge is 0.305 e. The molecule has 0 bridgehead atoms. The summed E-state index contributed by atoms with van der Waals surface area (Å²) in [6.07, 6.45) is 2.71. The van der Waals surface area contributed by atoms with Gasteiger partial charge in [-0.3, -0.25) is 10.2 Å². The number of carbonyl (C=O) groups is 1. The van der Waals surface area contributed by atoms with Gasteiger partial charge in [0, 0.05) is 24.3 Å². The average molecular weight is 266 g/mol. The van der Waals surface area contributed by atoms with Crippen LogP contribution < -0.4 is 10.9 Å². The van der Waals surface area contributed by atoms with Crippen LogP contribution in [-0.4, -0.2) is 5.78 Å². The van der Waals surface area contributed by atoms with E-state index in [4.69, 9.17) is 0 Å². The van der Waals surface area contributed by atoms with Gasteiger partial charge in [0.05, 0.1) is 5.69 Å². The van der Waals surface area contributed by atoms with Crippen LogP contribution in [0.15, 0.2) is 30.0 Å². The van der Waals surface area contributed by atoms with Gasteiger partial charge in [0.15, 0.2) is 11.6 Å². The van der Waals surface area contributed by atoms with Gasteiger partial charge in [-0.2, -0.15) is 0 Å². The number of halogens is 2. The molecule has 2 N–H and O–H groups in total. The zero-order valence-electron chi connectivity index (χ0n) is 10.9. The lowest BCUT2D eigenvalue weighted by atomic mass is 9.79. The number of rotatable bonds is 3. The Kier molecular flexibility index (Phi) is 3.55. The highest BCUT2D eigenvalue weighted by Gasteiger charge is 2.27. The lowest BCUT2D eigenvalue weighted by Crippen LogP contribution is -2.30. The molecule has 2 rings (SSSR count). The van der Waals surface area contributed by atoms with Gasteiger partial charge in [0.25, 0.3) is 0 Å². The molecule has 0 atom stereocenters. The summed E-state index contributed by atoms with van der Waals surface area (Å²) < 4.78 is 26.2. The highest BCUT2D eigenvalue weighted by atomic mass is 19.1. The summed E-state index contributed by atoms with van der Waals surface area (Å²) >= 11 is 0. The van der Waals surface area contributed by atoms with Crippen molar-refractivity contribution < 1.29 is 13.6 Å². The molecule has 0 spiro atoms. The highest BCUT2D eigenvalue weighted by molar-refractivity contribution is 5.91. The van der Waals surface area contributed by atoms with Crippen molar-refractivity contribution in [3.05, 3.63) is 41.6 Å². The second-order valence-corrected chi connectivity index (χ2v) is 5.53. The van der Waals surface area contributed by atoms with Crippen molar-refractivity contribution in [1.29, 1.82) is 0 Å². The molecular formula is C14H16F2N2O. The van der Waals surface area contributed by atoms with Crippen molar-refractivity contribution in [2.75, 3.05) is 5.43 Å². The molecular weight excluding hydrogens is 250 g/mol. The first-order chi connectivity index (χ1) is 8.85. The quantitative estimate of drug-likeness (QED) is 0.826. The molecule has 0 saturated heterocycles. The van der Waals surface area contributed by atoms with Crippen LogP contribution in [0.25, 0.3) is 0 Å². The van der Waals surface area contributed by atoms with E-state index in [1.165, 1.54) is 12.1 Å². The van der Waals surface area contributed by atoms with E-state index < -0.39 is 11.6 Å². The molecule has 1 aliphatic rings. The normalized spacial score (nSPS) is 17.9. The van der Waals surface area contributed by atoms with Crippen LogP contribution in [-0.2, 0) is 4.79 Å². The van der Waals surface area contributed by atoms with E-state index >= 15 is 0 Å². The Labute approximate surface area is 110 Å². The first kappa shape index (κ1) is 13.5. The van der Waals surface area contributed by atoms with Crippen LogP contribution in [0.2, 0.25) is 0 Å². The van der Waals surface area contributed by atoms with Gasteiger partial charge in [0.1, 0.15) is 5.82 Å². The van der Waals surface area contributed by atoms with E-state index in [0.29, 0.717) is 18.5 Å². The van der Waals surface area contributed by atoms with Crippen LogP contribution in [0.1, 0.15) is 26.7 Å². The summed E-state index contributed by atoms with van der Waals surface area (Å²) in [7, 11) is 0. The van der Waals surface area contributed by atoms with Crippen molar-refractivity contribution >= 4 is 11.5 Å². The zero-order chi connectivity index (χ0) is 14.0. The Morgan fingerprint density at radius 1 is 1.16 bits per heavy atom. The molecule has 0 aliphatic heterocycles. The summed E-state index contributed by atoms with van der Waals surface area (Å²) in [5, 5.41) is 0. The molecule has 0 aromatic heterocycles. The first-order valence-corrected chi connectivity index (χ1v) is 6.06. The Morgan fingerprint density at radius 3 is 2.53 bits per heavy atom. The number of anilines is 1. The predicted molar refractivity (Wildman–Crippen MR) is 69.2 cm³/mol. The third-order valence-corrected chi connectivity index (χ3v) is 2.95. The van der Waals surface area contributed by atoms with Crippen molar-refractivity contribution in [3.8, 4) is 0 Å². The number of benzene rings is 1. The Hall–Kier alpha value is -1.91. The van der Waals surface area contributed by atoms with E-state index in [1.807, 2.05) is 13.8 Å². The Morgan fingerprint density at radius 2 is 1.89 bits per heavy atom. The summed E-state index contributed by atoms with van der Waals surface area (Å²) in [4.78, 5) is 11.5. The van der Waals surface area contributed by atoms with E-state index in [-0.39, 0.29) is 16.9 Å². The number of carbonyl (C=O) groups excluding carboxylic acids is 1. The fourth-order valence-electron chi connectivity index (χ4n) is 2.16. The Balaban J connectivity index is 2.04. The van der Waals surface area contributed by atoms with Crippen molar-refractivity contribution in [3.63, 3.8) is 0 Å². The van der Waals surface area contributed by atoms with Crippen molar-refractivity contribution in [2.45, 2.75) is 26.7 Å². The Bertz CT molecular complexity index is 538. The monoisotopic (exact) mass is 266 g/mol. The smallest absolute Gasteiger partial charge is 0.158 e. The number of hydrogen-bond acceptors (Lipinski definition) is 3. The summed E-state index contributed by atoms with van der Waals surface area (Å²) in [5.74, 6) is -1.27. The molecule has 1 aromatic rings. The SMILES string of the molecule is CC1(C)CC(=O)C=C(NNc2ccc(F)cc2F)C1. The molecule has 1 aromatic carbocycles. The van der Waals surface area contributed by atoms with Crippen LogP contribution >= 0.6 is 0 Å². The third kappa shape index (κ3) is 3.53. The second-order valence-electron chi connectivity index (χ2n) is 5.53. The van der Waals surface area contributed by atoms with Crippen LogP contribution in [0.5, 0.6) is 0 Å². The summed E-state index contributed by atoms with van der Waals surface area (Å²) in [6, 6.07) is 3.26. The molecule has 0 unspecified atom stereocenters. The first-order valence-electron chi connectivity index (χ1n) is 6.06. The standard InChI is InChI=1S/C14H16F2N2O/c1-14(2)7-10(6-11(19)8-14)17-18-13-4-3-9(15)5-12(13)16/h3-6,17-18H,7-8H2,1-2H3. The number of allylic oxidation sites excluding steroid dienone is 2. The molecule has 0 saturated carbocycles. The molecule has 5 heteroatoms. The lowest BCUT2D eigenvalue weighted by Gasteiger charge is -2.29. The van der Waals surface area contributed by atoms with E-state index in [1.54, 1.807) is 0 Å². The minimum Gasteiger partial charge on any atom is -0.305 e. The van der Waals surface area contributed by atoms with Crippen LogP contribution in [0.4, 0.5) is 14.5 Å². The van der Waals surface area contributed by atoms with Gasteiger partial charge in [-0.05, 0) is 24.0 Å². The lowest BCUT2D eigenvalue weighted by molar-refractivity contribution is -0.117. The van der Waals surface area contributed by atoms with E-state index in [2.05, 4.69) is 10.9 Å². The average Bonchev–Trinajstić information content (AvgIpc) is 2.25. The summed E-state index contributed by atoms with van der Waals surface area (Å²) in [6.45, 7) is 4.00. The molecule has 1 aliphatic carbocycles. The van der Waals surface area contributed by atoms with Crippen LogP contribution in [0, 0.1) is 17.0 Å². The maximum absolute atomic E-state index is 13.4. The molecule has 0 amide bonds. The molecule has 0 radical (unpaired) electrons. The fourth-order valence-corrected chi connectivity index (χ4v) is 2.16. The number of hydrazine groups is 1. The maximum atomic E-state index is 13.4. The van der Waals surface area contributed by atoms with Gasteiger partial charge >= 0.3 is 0 Å². The topological polar surface area (TPSA) is 41.1 Å². The minimum atomic E-state index is -0.686. The fraction of sp³-hybridized carbons (Fsp3) is 0.357. The third-order valence-electron chi connectivity index (χ3n) is 2.95. The molecule has 19 heavy (non-hydrogen) atoms. The summed E-state index contributed by atoms with van der Waals surface area (Å²) in [5.41, 5.74) is 6.19. The maximum Gasteiger partial charge on any atom is 0.158 e. The molecule has 0 fully saturated rings. The van der Waals surface area contributed by atoms with Crippen molar-refractivity contribution in [2.24, 2.45) is 5.41 Å². The molecule has 0 heterocycles. The molecule has 102 valence electrons. The van der Waals surface area contributed by atoms with E-state index in [9.17, 15) is 13.6 Å². The zero-order valence-corrected chi connectivity index (χ0v) is 10.9. The minimum absolute atomic E-state index is 0.0418. The van der Waals surface area contributed by atoms with Crippen molar-refractivity contribution in [1.82, 2.24) is 5.43 Å². The predicted octanol–water partition coefficient (Wildman–Crippen LogP) is 3.15. The van der Waals surface area contributed by atoms with Gasteiger partial charge in [-0.15, -0.1) is 0 Å². The van der Waals surface area contributed by atoms with Gasteiger partial charge < -0.3 is 5.43 Å². The second kappa shape index (κ2) is 4.99. The highest BCUT2D eigenvalue weighted by Crippen LogP contribution is 2.32. The van der Waals surface area contributed by atoms with E-state index in [0.717, 1.165) is 12.1 Å². The van der Waals surface area contributed by atoms with Gasteiger partial charge in [-0.1, -0.05) is 13.8 Å². The van der Waals surface area contributed by atoms with Gasteiger partial charge in [0.2, 0.25) is 0 Å². The number of ketones is 1.